The average Bonchev–Trinajstić information content (AvgIpc) is 2.73. The van der Waals surface area contributed by atoms with E-state index < -0.39 is 39.9 Å². The molecular formula is C21H24ClF3N4O3S. The van der Waals surface area contributed by atoms with Crippen LogP contribution in [0.25, 0.3) is 0 Å². The van der Waals surface area contributed by atoms with Crippen LogP contribution in [0.3, 0.4) is 0 Å². The quantitative estimate of drug-likeness (QED) is 0.411. The van der Waals surface area contributed by atoms with E-state index in [1.54, 1.807) is 12.1 Å². The third-order valence-electron chi connectivity index (χ3n) is 4.65. The van der Waals surface area contributed by atoms with Crippen molar-refractivity contribution in [1.29, 1.82) is 0 Å². The SMILES string of the molecule is CCN(CC)c1ccc(C=NNC(=O)CN(c2cc(C(F)(F)F)ccc2Cl)S(C)(=O)=O)cc1. The monoisotopic (exact) mass is 504 g/mol. The number of alkyl halides is 3. The zero-order valence-corrected chi connectivity index (χ0v) is 19.8. The number of sulfonamides is 1. The van der Waals surface area contributed by atoms with Gasteiger partial charge in [0.25, 0.3) is 5.91 Å². The maximum Gasteiger partial charge on any atom is 0.416 e. The van der Waals surface area contributed by atoms with E-state index >= 15 is 0 Å². The molecule has 0 atom stereocenters. The molecule has 0 heterocycles. The van der Waals surface area contributed by atoms with Gasteiger partial charge in [0.15, 0.2) is 0 Å². The van der Waals surface area contributed by atoms with Gasteiger partial charge < -0.3 is 4.90 Å². The second-order valence-electron chi connectivity index (χ2n) is 6.99. The minimum absolute atomic E-state index is 0.252. The van der Waals surface area contributed by atoms with Crippen molar-refractivity contribution in [2.45, 2.75) is 20.0 Å². The van der Waals surface area contributed by atoms with E-state index in [9.17, 15) is 26.4 Å². The molecule has 33 heavy (non-hydrogen) atoms. The van der Waals surface area contributed by atoms with Crippen LogP contribution in [0, 0.1) is 0 Å². The van der Waals surface area contributed by atoms with Crippen molar-refractivity contribution in [3.05, 3.63) is 58.6 Å². The number of carbonyl (C=O) groups is 1. The van der Waals surface area contributed by atoms with Crippen molar-refractivity contribution in [3.8, 4) is 0 Å². The lowest BCUT2D eigenvalue weighted by Gasteiger charge is -2.23. The molecule has 0 aromatic heterocycles. The van der Waals surface area contributed by atoms with E-state index in [0.29, 0.717) is 15.9 Å². The summed E-state index contributed by atoms with van der Waals surface area (Å²) in [5.41, 5.74) is 2.34. The van der Waals surface area contributed by atoms with Gasteiger partial charge in [0, 0.05) is 18.8 Å². The van der Waals surface area contributed by atoms with Crippen molar-refractivity contribution >= 4 is 45.1 Å². The Morgan fingerprint density at radius 3 is 2.24 bits per heavy atom. The molecule has 0 aliphatic carbocycles. The molecule has 1 amide bonds. The molecule has 0 aliphatic rings. The number of hydrogen-bond donors (Lipinski definition) is 1. The maximum absolute atomic E-state index is 13.0. The molecule has 0 bridgehead atoms. The summed E-state index contributed by atoms with van der Waals surface area (Å²) in [5, 5.41) is 3.54. The first-order chi connectivity index (χ1) is 15.4. The molecule has 2 aromatic rings. The molecule has 0 aliphatic heterocycles. The van der Waals surface area contributed by atoms with Crippen molar-refractivity contribution in [1.82, 2.24) is 5.43 Å². The predicted octanol–water partition coefficient (Wildman–Crippen LogP) is 4.12. The fourth-order valence-corrected chi connectivity index (χ4v) is 4.10. The molecule has 2 rings (SSSR count). The minimum atomic E-state index is -4.71. The van der Waals surface area contributed by atoms with Gasteiger partial charge in [0.1, 0.15) is 6.54 Å². The number of hydrazone groups is 1. The molecular weight excluding hydrogens is 481 g/mol. The largest absolute Gasteiger partial charge is 0.416 e. The Bertz CT molecular complexity index is 1100. The average molecular weight is 505 g/mol. The van der Waals surface area contributed by atoms with E-state index in [-0.39, 0.29) is 5.02 Å². The zero-order chi connectivity index (χ0) is 24.8. The predicted molar refractivity (Wildman–Crippen MR) is 124 cm³/mol. The summed E-state index contributed by atoms with van der Waals surface area (Å²) in [6.45, 7) is 4.99. The Labute approximate surface area is 195 Å². The second-order valence-corrected chi connectivity index (χ2v) is 9.30. The highest BCUT2D eigenvalue weighted by molar-refractivity contribution is 7.92. The van der Waals surface area contributed by atoms with Crippen LogP contribution in [0.1, 0.15) is 25.0 Å². The van der Waals surface area contributed by atoms with Gasteiger partial charge in [0.05, 0.1) is 28.7 Å². The van der Waals surface area contributed by atoms with E-state index in [2.05, 4.69) is 15.4 Å². The topological polar surface area (TPSA) is 82.1 Å². The van der Waals surface area contributed by atoms with E-state index in [4.69, 9.17) is 11.6 Å². The second kappa shape index (κ2) is 10.9. The summed E-state index contributed by atoms with van der Waals surface area (Å²) in [6, 6.07) is 9.63. The number of anilines is 2. The van der Waals surface area contributed by atoms with E-state index in [0.717, 1.165) is 37.2 Å². The lowest BCUT2D eigenvalue weighted by atomic mass is 10.2. The Kier molecular flexibility index (Phi) is 8.73. The number of benzene rings is 2. The van der Waals surface area contributed by atoms with E-state index in [1.165, 1.54) is 6.21 Å². The summed E-state index contributed by atoms with van der Waals surface area (Å²) in [6.07, 6.45) is -2.58. The molecule has 2 aromatic carbocycles. The number of nitrogens with zero attached hydrogens (tertiary/aromatic N) is 3. The van der Waals surface area contributed by atoms with Gasteiger partial charge in [-0.15, -0.1) is 0 Å². The zero-order valence-electron chi connectivity index (χ0n) is 18.2. The molecule has 0 fully saturated rings. The fraction of sp³-hybridized carbons (Fsp3) is 0.333. The third kappa shape index (κ3) is 7.36. The summed E-state index contributed by atoms with van der Waals surface area (Å²) in [5.74, 6) is -0.857. The number of hydrogen-bond acceptors (Lipinski definition) is 5. The summed E-state index contributed by atoms with van der Waals surface area (Å²) in [7, 11) is -4.13. The number of carbonyl (C=O) groups excluding carboxylic acids is 1. The smallest absolute Gasteiger partial charge is 0.372 e. The van der Waals surface area contributed by atoms with Crippen molar-refractivity contribution in [2.24, 2.45) is 5.10 Å². The molecule has 0 unspecified atom stereocenters. The van der Waals surface area contributed by atoms with Crippen LogP contribution >= 0.6 is 11.6 Å². The van der Waals surface area contributed by atoms with Gasteiger partial charge in [-0.25, -0.2) is 13.8 Å². The molecule has 12 heteroatoms. The van der Waals surface area contributed by atoms with Gasteiger partial charge in [-0.2, -0.15) is 18.3 Å². The van der Waals surface area contributed by atoms with Crippen molar-refractivity contribution in [3.63, 3.8) is 0 Å². The first kappa shape index (κ1) is 26.5. The fourth-order valence-electron chi connectivity index (χ4n) is 2.97. The molecule has 180 valence electrons. The highest BCUT2D eigenvalue weighted by atomic mass is 35.5. The maximum atomic E-state index is 13.0. The minimum Gasteiger partial charge on any atom is -0.372 e. The summed E-state index contributed by atoms with van der Waals surface area (Å²) in [4.78, 5) is 14.4. The Hall–Kier alpha value is -2.79. The normalized spacial score (nSPS) is 12.1. The van der Waals surface area contributed by atoms with Crippen LogP contribution in [0.4, 0.5) is 24.5 Å². The lowest BCUT2D eigenvalue weighted by Crippen LogP contribution is -2.39. The first-order valence-electron chi connectivity index (χ1n) is 9.88. The molecule has 1 N–H and O–H groups in total. The van der Waals surface area contributed by atoms with Gasteiger partial charge >= 0.3 is 6.18 Å². The number of halogens is 4. The number of nitrogens with one attached hydrogen (secondary N) is 1. The van der Waals surface area contributed by atoms with Gasteiger partial charge in [-0.05, 0) is 49.7 Å². The number of amides is 1. The van der Waals surface area contributed by atoms with Crippen LogP contribution in [0.5, 0.6) is 0 Å². The van der Waals surface area contributed by atoms with Crippen LogP contribution < -0.4 is 14.6 Å². The Morgan fingerprint density at radius 2 is 1.73 bits per heavy atom. The third-order valence-corrected chi connectivity index (χ3v) is 6.10. The highest BCUT2D eigenvalue weighted by Crippen LogP contribution is 2.36. The number of rotatable bonds is 9. The molecule has 0 radical (unpaired) electrons. The van der Waals surface area contributed by atoms with Gasteiger partial charge in [-0.1, -0.05) is 23.7 Å². The van der Waals surface area contributed by atoms with Gasteiger partial charge in [0.2, 0.25) is 10.0 Å². The first-order valence-corrected chi connectivity index (χ1v) is 12.1. The van der Waals surface area contributed by atoms with Crippen LogP contribution in [0.2, 0.25) is 5.02 Å². The van der Waals surface area contributed by atoms with Gasteiger partial charge in [-0.3, -0.25) is 9.10 Å². The van der Waals surface area contributed by atoms with Crippen LogP contribution in [-0.4, -0.2) is 46.4 Å². The van der Waals surface area contributed by atoms with Crippen LogP contribution in [-0.2, 0) is 21.0 Å². The molecule has 0 saturated heterocycles. The van der Waals surface area contributed by atoms with Crippen molar-refractivity contribution < 1.29 is 26.4 Å². The lowest BCUT2D eigenvalue weighted by molar-refractivity contribution is -0.137. The van der Waals surface area contributed by atoms with Crippen LogP contribution in [0.15, 0.2) is 47.6 Å². The molecule has 0 spiro atoms. The standard InChI is InChI=1S/C21H24ClF3N4O3S/c1-4-28(5-2)17-9-6-15(7-10-17)13-26-27-20(30)14-29(33(3,31)32)19-12-16(21(23,24)25)8-11-18(19)22/h6-13H,4-5,14H2,1-3H3,(H,27,30). The molecule has 7 nitrogen and oxygen atoms in total. The molecule has 0 saturated carbocycles. The highest BCUT2D eigenvalue weighted by Gasteiger charge is 2.33. The summed E-state index contributed by atoms with van der Waals surface area (Å²) < 4.78 is 64.0. The Balaban J connectivity index is 2.15. The van der Waals surface area contributed by atoms with Crippen molar-refractivity contribution in [2.75, 3.05) is 35.1 Å². The van der Waals surface area contributed by atoms with E-state index in [1.807, 2.05) is 26.0 Å². The Morgan fingerprint density at radius 1 is 1.12 bits per heavy atom. The summed E-state index contributed by atoms with van der Waals surface area (Å²) >= 11 is 5.93.